The highest BCUT2D eigenvalue weighted by molar-refractivity contribution is 5.85. The fourth-order valence-corrected chi connectivity index (χ4v) is 4.87. The molecule has 0 aliphatic heterocycles. The summed E-state index contributed by atoms with van der Waals surface area (Å²) in [6.07, 6.45) is 4.76. The van der Waals surface area contributed by atoms with E-state index in [2.05, 4.69) is 5.32 Å². The van der Waals surface area contributed by atoms with Crippen molar-refractivity contribution in [2.45, 2.75) is 97.3 Å². The Balaban J connectivity index is 2.09. The van der Waals surface area contributed by atoms with Crippen LogP contribution in [-0.4, -0.2) is 48.3 Å². The Morgan fingerprint density at radius 2 is 1.86 bits per heavy atom. The van der Waals surface area contributed by atoms with Gasteiger partial charge in [0.2, 0.25) is 5.91 Å². The van der Waals surface area contributed by atoms with Crippen molar-refractivity contribution in [3.63, 3.8) is 0 Å². The minimum Gasteiger partial charge on any atom is -0.497 e. The number of benzene rings is 1. The monoisotopic (exact) mass is 505 g/mol. The molecule has 0 heterocycles. The smallest absolute Gasteiger partial charge is 0.309 e. The summed E-state index contributed by atoms with van der Waals surface area (Å²) in [5.74, 6) is -1.14. The number of carboxylic acids is 1. The maximum atomic E-state index is 13.6. The third kappa shape index (κ3) is 9.45. The minimum absolute atomic E-state index is 0.0653. The second-order valence-electron chi connectivity index (χ2n) is 10.8. The molecule has 1 aliphatic rings. The third-order valence-electron chi connectivity index (χ3n) is 6.53. The molecule has 0 bridgehead atoms. The largest absolute Gasteiger partial charge is 0.497 e. The molecule has 1 saturated carbocycles. The number of carbonyl (C=O) groups excluding carboxylic acids is 2. The van der Waals surface area contributed by atoms with Gasteiger partial charge < -0.3 is 24.6 Å². The van der Waals surface area contributed by atoms with Gasteiger partial charge in [-0.2, -0.15) is 0 Å². The number of hydrogen-bond acceptors (Lipinski definition) is 6. The molecule has 1 fully saturated rings. The van der Waals surface area contributed by atoms with Crippen molar-refractivity contribution in [2.24, 2.45) is 11.3 Å². The molecule has 202 valence electrons. The fourth-order valence-electron chi connectivity index (χ4n) is 4.87. The zero-order valence-electron chi connectivity index (χ0n) is 22.4. The molecule has 0 spiro atoms. The number of hydrogen-bond donors (Lipinski definition) is 2. The number of ether oxygens (including phenoxy) is 3. The van der Waals surface area contributed by atoms with Gasteiger partial charge in [-0.1, -0.05) is 38.3 Å². The van der Waals surface area contributed by atoms with Gasteiger partial charge >= 0.3 is 11.9 Å². The summed E-state index contributed by atoms with van der Waals surface area (Å²) in [4.78, 5) is 38.0. The molecule has 1 aliphatic carbocycles. The van der Waals surface area contributed by atoms with Gasteiger partial charge in [0.1, 0.15) is 11.4 Å². The average Bonchev–Trinajstić information content (AvgIpc) is 3.27. The zero-order chi connectivity index (χ0) is 26.8. The first-order chi connectivity index (χ1) is 17.0. The Bertz CT molecular complexity index is 871. The number of esters is 1. The Labute approximate surface area is 215 Å². The molecule has 8 heteroatoms. The first-order valence-corrected chi connectivity index (χ1v) is 12.9. The predicted molar refractivity (Wildman–Crippen MR) is 137 cm³/mol. The topological polar surface area (TPSA) is 111 Å². The van der Waals surface area contributed by atoms with Gasteiger partial charge in [0, 0.05) is 0 Å². The van der Waals surface area contributed by atoms with Crippen LogP contribution in [0.25, 0.3) is 0 Å². The van der Waals surface area contributed by atoms with E-state index in [0.29, 0.717) is 31.4 Å². The SMILES string of the molecule is CCCC(CC1(C(=O)NC(COCc2cccc(OC)c2)CC(=O)O)CCCC1)C(=O)OC(C)(C)C. The number of carboxylic acid groups (broad SMARTS) is 1. The van der Waals surface area contributed by atoms with Crippen LogP contribution in [0.5, 0.6) is 5.75 Å². The quantitative estimate of drug-likeness (QED) is 0.347. The molecule has 1 aromatic rings. The summed E-state index contributed by atoms with van der Waals surface area (Å²) in [7, 11) is 1.59. The Morgan fingerprint density at radius 1 is 1.17 bits per heavy atom. The normalized spacial score (nSPS) is 16.7. The molecule has 2 rings (SSSR count). The number of nitrogens with one attached hydrogen (secondary N) is 1. The predicted octanol–water partition coefficient (Wildman–Crippen LogP) is 4.88. The van der Waals surface area contributed by atoms with Crippen molar-refractivity contribution in [3.05, 3.63) is 29.8 Å². The highest BCUT2D eigenvalue weighted by Gasteiger charge is 2.45. The minimum atomic E-state index is -1.01. The molecule has 0 radical (unpaired) electrons. The molecule has 1 amide bonds. The van der Waals surface area contributed by atoms with E-state index in [4.69, 9.17) is 14.2 Å². The van der Waals surface area contributed by atoms with Crippen LogP contribution in [0.3, 0.4) is 0 Å². The molecule has 36 heavy (non-hydrogen) atoms. The molecule has 2 atom stereocenters. The summed E-state index contributed by atoms with van der Waals surface area (Å²) >= 11 is 0. The number of aliphatic carboxylic acids is 1. The van der Waals surface area contributed by atoms with Crippen LogP contribution in [0.1, 0.15) is 84.6 Å². The first kappa shape index (κ1) is 29.6. The summed E-state index contributed by atoms with van der Waals surface area (Å²) in [5.41, 5.74) is -0.414. The van der Waals surface area contributed by atoms with E-state index in [1.807, 2.05) is 52.0 Å². The first-order valence-electron chi connectivity index (χ1n) is 12.9. The lowest BCUT2D eigenvalue weighted by Crippen LogP contribution is -2.48. The summed E-state index contributed by atoms with van der Waals surface area (Å²) in [6.45, 7) is 7.87. The molecule has 2 unspecified atom stereocenters. The highest BCUT2D eigenvalue weighted by atomic mass is 16.6. The van der Waals surface area contributed by atoms with E-state index >= 15 is 0 Å². The molecule has 8 nitrogen and oxygen atoms in total. The van der Waals surface area contributed by atoms with Crippen LogP contribution in [0.4, 0.5) is 0 Å². The summed E-state index contributed by atoms with van der Waals surface area (Å²) in [5, 5.41) is 12.4. The van der Waals surface area contributed by atoms with E-state index < -0.39 is 23.0 Å². The Hall–Kier alpha value is -2.61. The number of methoxy groups -OCH3 is 1. The molecule has 1 aromatic carbocycles. The lowest BCUT2D eigenvalue weighted by molar-refractivity contribution is -0.162. The molecular weight excluding hydrogens is 462 g/mol. The Morgan fingerprint density at radius 3 is 2.44 bits per heavy atom. The van der Waals surface area contributed by atoms with E-state index in [1.165, 1.54) is 0 Å². The molecule has 0 aromatic heterocycles. The van der Waals surface area contributed by atoms with E-state index in [9.17, 15) is 19.5 Å². The summed E-state index contributed by atoms with van der Waals surface area (Å²) < 4.78 is 16.7. The van der Waals surface area contributed by atoms with E-state index in [0.717, 1.165) is 24.8 Å². The van der Waals surface area contributed by atoms with Crippen LogP contribution in [0.15, 0.2) is 24.3 Å². The van der Waals surface area contributed by atoms with Crippen LogP contribution in [-0.2, 0) is 30.5 Å². The van der Waals surface area contributed by atoms with Gasteiger partial charge in [0.05, 0.1) is 44.1 Å². The standard InChI is InChI=1S/C28H43NO7/c1-6-10-21(25(32)36-27(2,3)4)17-28(13-7-8-14-28)26(33)29-22(16-24(30)31)19-35-18-20-11-9-12-23(15-20)34-5/h9,11-12,15,21-22H,6-8,10,13-14,16-19H2,1-5H3,(H,29,33)(H,30,31). The second kappa shape index (κ2) is 13.6. The van der Waals surface area contributed by atoms with Crippen molar-refractivity contribution in [1.29, 1.82) is 0 Å². The van der Waals surface area contributed by atoms with Crippen molar-refractivity contribution >= 4 is 17.8 Å². The van der Waals surface area contributed by atoms with Crippen LogP contribution in [0, 0.1) is 11.3 Å². The lowest BCUT2D eigenvalue weighted by Gasteiger charge is -2.33. The van der Waals surface area contributed by atoms with Gasteiger partial charge in [0.25, 0.3) is 0 Å². The van der Waals surface area contributed by atoms with E-state index in [1.54, 1.807) is 7.11 Å². The van der Waals surface area contributed by atoms with Crippen molar-refractivity contribution in [1.82, 2.24) is 5.32 Å². The molecular formula is C28H43NO7. The zero-order valence-corrected chi connectivity index (χ0v) is 22.4. The highest BCUT2D eigenvalue weighted by Crippen LogP contribution is 2.45. The van der Waals surface area contributed by atoms with Crippen LogP contribution >= 0.6 is 0 Å². The summed E-state index contributed by atoms with van der Waals surface area (Å²) in [6, 6.07) is 6.76. The van der Waals surface area contributed by atoms with Gasteiger partial charge in [-0.15, -0.1) is 0 Å². The number of carbonyl (C=O) groups is 3. The maximum Gasteiger partial charge on any atom is 0.309 e. The van der Waals surface area contributed by atoms with Crippen molar-refractivity contribution in [2.75, 3.05) is 13.7 Å². The van der Waals surface area contributed by atoms with E-state index in [-0.39, 0.29) is 37.4 Å². The second-order valence-corrected chi connectivity index (χ2v) is 10.8. The van der Waals surface area contributed by atoms with Gasteiger partial charge in [-0.3, -0.25) is 14.4 Å². The molecule has 2 N–H and O–H groups in total. The number of amides is 1. The van der Waals surface area contributed by atoms with Gasteiger partial charge in [-0.05, 0) is 64.2 Å². The van der Waals surface area contributed by atoms with Crippen molar-refractivity contribution < 1.29 is 33.7 Å². The van der Waals surface area contributed by atoms with Crippen molar-refractivity contribution in [3.8, 4) is 5.75 Å². The fraction of sp³-hybridized carbons (Fsp3) is 0.679. The number of rotatable bonds is 14. The Kier molecular flexibility index (Phi) is 11.2. The van der Waals surface area contributed by atoms with Crippen LogP contribution in [0.2, 0.25) is 0 Å². The maximum absolute atomic E-state index is 13.6. The molecule has 0 saturated heterocycles. The average molecular weight is 506 g/mol. The van der Waals surface area contributed by atoms with Gasteiger partial charge in [0.15, 0.2) is 0 Å². The van der Waals surface area contributed by atoms with Gasteiger partial charge in [-0.25, -0.2) is 0 Å². The van der Waals surface area contributed by atoms with Crippen LogP contribution < -0.4 is 10.1 Å². The lowest BCUT2D eigenvalue weighted by atomic mass is 9.75. The third-order valence-corrected chi connectivity index (χ3v) is 6.53.